The summed E-state index contributed by atoms with van der Waals surface area (Å²) < 4.78 is 5.08. The Morgan fingerprint density at radius 1 is 1.57 bits per heavy atom. The van der Waals surface area contributed by atoms with Crippen LogP contribution in [0.3, 0.4) is 0 Å². The van der Waals surface area contributed by atoms with Crippen molar-refractivity contribution < 1.29 is 9.53 Å². The summed E-state index contributed by atoms with van der Waals surface area (Å²) in [5.41, 5.74) is 10.8. The van der Waals surface area contributed by atoms with Crippen LogP contribution in [0.25, 0.3) is 0 Å². The lowest BCUT2D eigenvalue weighted by Gasteiger charge is -2.23. The number of aliphatic imine (C=N–C) groups is 2. The van der Waals surface area contributed by atoms with Crippen LogP contribution < -0.4 is 22.1 Å². The van der Waals surface area contributed by atoms with Crippen LogP contribution in [0.4, 0.5) is 0 Å². The van der Waals surface area contributed by atoms with Crippen molar-refractivity contribution in [3.8, 4) is 0 Å². The third kappa shape index (κ3) is 7.76. The van der Waals surface area contributed by atoms with Gasteiger partial charge < -0.3 is 21.5 Å². The molecule has 0 saturated heterocycles. The van der Waals surface area contributed by atoms with Crippen molar-refractivity contribution in [1.82, 2.24) is 10.6 Å². The van der Waals surface area contributed by atoms with E-state index in [1.54, 1.807) is 0 Å². The van der Waals surface area contributed by atoms with Crippen LogP contribution in [0.2, 0.25) is 0 Å². The van der Waals surface area contributed by atoms with Gasteiger partial charge in [0.1, 0.15) is 0 Å². The predicted molar refractivity (Wildman–Crippen MR) is 86.0 cm³/mol. The zero-order valence-electron chi connectivity index (χ0n) is 12.3. The van der Waals surface area contributed by atoms with E-state index in [9.17, 15) is 4.79 Å². The van der Waals surface area contributed by atoms with E-state index in [4.69, 9.17) is 16.2 Å². The van der Waals surface area contributed by atoms with Crippen molar-refractivity contribution in [2.75, 3.05) is 25.4 Å². The van der Waals surface area contributed by atoms with Gasteiger partial charge in [0.25, 0.3) is 0 Å². The Bertz CT molecular complexity index is 388. The van der Waals surface area contributed by atoms with Crippen molar-refractivity contribution >= 4 is 29.7 Å². The van der Waals surface area contributed by atoms with Crippen LogP contribution >= 0.6 is 11.8 Å². The molecule has 6 N–H and O–H groups in total. The van der Waals surface area contributed by atoms with Gasteiger partial charge >= 0.3 is 5.97 Å². The Morgan fingerprint density at radius 2 is 2.38 bits per heavy atom. The molecule has 1 heterocycles. The number of carbonyl (C=O) groups is 1. The van der Waals surface area contributed by atoms with E-state index < -0.39 is 0 Å². The van der Waals surface area contributed by atoms with Gasteiger partial charge in [0.15, 0.2) is 17.4 Å². The quantitative estimate of drug-likeness (QED) is 0.335. The molecule has 0 aliphatic carbocycles. The second kappa shape index (κ2) is 10.3. The van der Waals surface area contributed by atoms with Crippen molar-refractivity contribution in [1.29, 1.82) is 0 Å². The number of esters is 1. The molecular weight excluding hydrogens is 292 g/mol. The molecule has 21 heavy (non-hydrogen) atoms. The summed E-state index contributed by atoms with van der Waals surface area (Å²) in [7, 11) is 0. The van der Waals surface area contributed by atoms with E-state index >= 15 is 0 Å². The first-order valence-electron chi connectivity index (χ1n) is 7.04. The molecule has 1 aliphatic rings. The third-order valence-electron chi connectivity index (χ3n) is 2.50. The van der Waals surface area contributed by atoms with Gasteiger partial charge in [0, 0.05) is 12.3 Å². The molecular formula is C12H24N6O2S. The minimum absolute atomic E-state index is 0.182. The van der Waals surface area contributed by atoms with Crippen molar-refractivity contribution in [2.24, 2.45) is 21.5 Å². The number of ether oxygens (including phenoxy) is 1. The summed E-state index contributed by atoms with van der Waals surface area (Å²) in [6.07, 6.45) is 2.27. The monoisotopic (exact) mass is 316 g/mol. The molecule has 0 aromatic heterocycles. The molecule has 1 rings (SSSR count). The number of nitrogens with zero attached hydrogens (tertiary/aromatic N) is 2. The molecule has 1 atom stereocenters. The molecule has 0 spiro atoms. The third-order valence-corrected chi connectivity index (χ3v) is 3.48. The Labute approximate surface area is 129 Å². The Kier molecular flexibility index (Phi) is 8.60. The Balaban J connectivity index is 2.27. The Hall–Kier alpha value is -1.48. The fraction of sp³-hybridized carbons (Fsp3) is 0.750. The highest BCUT2D eigenvalue weighted by Gasteiger charge is 2.17. The van der Waals surface area contributed by atoms with E-state index in [1.165, 1.54) is 11.8 Å². The predicted octanol–water partition coefficient (Wildman–Crippen LogP) is -0.441. The molecule has 1 unspecified atom stereocenters. The second-order valence-corrected chi connectivity index (χ2v) is 5.54. The van der Waals surface area contributed by atoms with Gasteiger partial charge in [-0.3, -0.25) is 15.1 Å². The second-order valence-electron chi connectivity index (χ2n) is 4.35. The molecule has 0 radical (unpaired) electrons. The first kappa shape index (κ1) is 17.6. The SMILES string of the molecule is CCCCOC(=O)CCSC1N=C(N)NC(=NCCN)N1. The van der Waals surface area contributed by atoms with E-state index in [0.29, 0.717) is 43.8 Å². The number of nitrogens with two attached hydrogens (primary N) is 2. The van der Waals surface area contributed by atoms with Gasteiger partial charge in [-0.25, -0.2) is 4.99 Å². The molecule has 0 aromatic carbocycles. The van der Waals surface area contributed by atoms with Crippen LogP contribution in [0.15, 0.2) is 9.98 Å². The smallest absolute Gasteiger partial charge is 0.306 e. The topological polar surface area (TPSA) is 127 Å². The summed E-state index contributed by atoms with van der Waals surface area (Å²) in [5.74, 6) is 1.27. The van der Waals surface area contributed by atoms with E-state index in [1.807, 2.05) is 0 Å². The first-order chi connectivity index (χ1) is 10.2. The van der Waals surface area contributed by atoms with Gasteiger partial charge in [-0.1, -0.05) is 13.3 Å². The lowest BCUT2D eigenvalue weighted by Crippen LogP contribution is -2.52. The number of thioether (sulfide) groups is 1. The van der Waals surface area contributed by atoms with Crippen molar-refractivity contribution in [3.05, 3.63) is 0 Å². The van der Waals surface area contributed by atoms with Crippen LogP contribution in [-0.2, 0) is 9.53 Å². The van der Waals surface area contributed by atoms with Gasteiger partial charge in [0.05, 0.1) is 19.6 Å². The number of hydrogen-bond donors (Lipinski definition) is 4. The number of nitrogens with one attached hydrogen (secondary N) is 2. The number of carbonyl (C=O) groups excluding carboxylic acids is 1. The van der Waals surface area contributed by atoms with Crippen molar-refractivity contribution in [2.45, 2.75) is 31.7 Å². The van der Waals surface area contributed by atoms with E-state index in [-0.39, 0.29) is 11.5 Å². The minimum atomic E-state index is -0.258. The van der Waals surface area contributed by atoms with Crippen LogP contribution in [0, 0.1) is 0 Å². The molecule has 1 aliphatic heterocycles. The maximum atomic E-state index is 11.5. The summed E-state index contributed by atoms with van der Waals surface area (Å²) in [6.45, 7) is 3.51. The van der Waals surface area contributed by atoms with E-state index in [0.717, 1.165) is 12.8 Å². The molecule has 120 valence electrons. The van der Waals surface area contributed by atoms with Gasteiger partial charge in [-0.15, -0.1) is 11.8 Å². The lowest BCUT2D eigenvalue weighted by atomic mass is 10.4. The molecule has 0 fully saturated rings. The van der Waals surface area contributed by atoms with E-state index in [2.05, 4.69) is 27.5 Å². The largest absolute Gasteiger partial charge is 0.466 e. The Morgan fingerprint density at radius 3 is 3.10 bits per heavy atom. The maximum Gasteiger partial charge on any atom is 0.306 e. The van der Waals surface area contributed by atoms with Gasteiger partial charge in [-0.2, -0.15) is 0 Å². The summed E-state index contributed by atoms with van der Waals surface area (Å²) in [4.78, 5) is 19.8. The normalized spacial score (nSPS) is 19.6. The fourth-order valence-electron chi connectivity index (χ4n) is 1.46. The van der Waals surface area contributed by atoms with Crippen LogP contribution in [0.1, 0.15) is 26.2 Å². The van der Waals surface area contributed by atoms with Gasteiger partial charge in [0.2, 0.25) is 0 Å². The standard InChI is InChI=1S/C12H24N6O2S/c1-2-3-7-20-9(19)4-8-21-12-17-10(14)16-11(18-12)15-6-5-13/h12H,2-8,13H2,1H3,(H4,14,15,16,17,18). The van der Waals surface area contributed by atoms with Crippen molar-refractivity contribution in [3.63, 3.8) is 0 Å². The van der Waals surface area contributed by atoms with Gasteiger partial charge in [-0.05, 0) is 6.42 Å². The summed E-state index contributed by atoms with van der Waals surface area (Å²) in [6, 6.07) is 0. The highest BCUT2D eigenvalue weighted by Crippen LogP contribution is 2.13. The average molecular weight is 316 g/mol. The molecule has 8 nitrogen and oxygen atoms in total. The number of unbranched alkanes of at least 4 members (excludes halogenated alkanes) is 1. The molecule has 9 heteroatoms. The zero-order chi connectivity index (χ0) is 15.5. The molecule has 0 bridgehead atoms. The highest BCUT2D eigenvalue weighted by molar-refractivity contribution is 7.99. The van der Waals surface area contributed by atoms with Crippen LogP contribution in [0.5, 0.6) is 0 Å². The maximum absolute atomic E-state index is 11.5. The number of guanidine groups is 2. The lowest BCUT2D eigenvalue weighted by molar-refractivity contribution is -0.143. The molecule has 0 saturated carbocycles. The minimum Gasteiger partial charge on any atom is -0.466 e. The fourth-order valence-corrected chi connectivity index (χ4v) is 2.35. The average Bonchev–Trinajstić information content (AvgIpc) is 2.45. The number of rotatable bonds is 9. The zero-order valence-corrected chi connectivity index (χ0v) is 13.1. The summed E-state index contributed by atoms with van der Waals surface area (Å²) in [5, 5.41) is 5.89. The molecule has 0 amide bonds. The van der Waals surface area contributed by atoms with Crippen LogP contribution in [-0.4, -0.2) is 48.8 Å². The summed E-state index contributed by atoms with van der Waals surface area (Å²) >= 11 is 1.47. The molecule has 0 aromatic rings. The first-order valence-corrected chi connectivity index (χ1v) is 8.09. The number of hydrogen-bond acceptors (Lipinski definition) is 7. The highest BCUT2D eigenvalue weighted by atomic mass is 32.2.